The molecular formula is C19H22FN7. The number of fused-ring (bicyclic) bond motifs is 1. The summed E-state index contributed by atoms with van der Waals surface area (Å²) in [4.78, 5) is 19.7. The molecule has 0 radical (unpaired) electrons. The van der Waals surface area contributed by atoms with Crippen molar-refractivity contribution >= 4 is 17.7 Å². The van der Waals surface area contributed by atoms with E-state index in [2.05, 4.69) is 30.2 Å². The van der Waals surface area contributed by atoms with E-state index in [1.54, 1.807) is 29.9 Å². The number of hydrogen-bond donors (Lipinski definition) is 1. The zero-order valence-electron chi connectivity index (χ0n) is 15.2. The van der Waals surface area contributed by atoms with Crippen LogP contribution >= 0.6 is 0 Å². The first-order valence-electron chi connectivity index (χ1n) is 9.08. The Morgan fingerprint density at radius 3 is 3.15 bits per heavy atom. The summed E-state index contributed by atoms with van der Waals surface area (Å²) in [5, 5.41) is 3.51. The Bertz CT molecular complexity index is 952. The molecule has 1 atom stereocenters. The van der Waals surface area contributed by atoms with E-state index in [1.165, 1.54) is 12.3 Å². The third kappa shape index (κ3) is 3.95. The van der Waals surface area contributed by atoms with Gasteiger partial charge in [0.05, 0.1) is 6.20 Å². The van der Waals surface area contributed by atoms with Crippen molar-refractivity contribution < 1.29 is 4.39 Å². The molecular weight excluding hydrogens is 345 g/mol. The van der Waals surface area contributed by atoms with E-state index >= 15 is 0 Å². The van der Waals surface area contributed by atoms with Crippen molar-refractivity contribution in [3.8, 4) is 11.5 Å². The molecule has 1 aliphatic heterocycles. The second kappa shape index (κ2) is 7.79. The van der Waals surface area contributed by atoms with Gasteiger partial charge in [-0.1, -0.05) is 0 Å². The third-order valence-corrected chi connectivity index (χ3v) is 4.73. The lowest BCUT2D eigenvalue weighted by molar-refractivity contribution is 0.245. The standard InChI is InChI=1S/C19H22FN7/c1-21-8-10-26-9-2-3-15(13-26)24-17-6-7-22-19(25-17)16-11-23-18-5-4-14(20)12-27(16)18/h4-8,11-12,15H,2-3,9-10,13H2,1H3,(H,22,24,25)/t15-/m1/s1. The van der Waals surface area contributed by atoms with Crippen LogP contribution < -0.4 is 5.32 Å². The number of imidazole rings is 1. The molecule has 1 fully saturated rings. The molecule has 1 N–H and O–H groups in total. The second-order valence-electron chi connectivity index (χ2n) is 6.67. The highest BCUT2D eigenvalue weighted by Crippen LogP contribution is 2.20. The highest BCUT2D eigenvalue weighted by Gasteiger charge is 2.19. The monoisotopic (exact) mass is 367 g/mol. The molecule has 1 aliphatic rings. The summed E-state index contributed by atoms with van der Waals surface area (Å²) >= 11 is 0. The predicted molar refractivity (Wildman–Crippen MR) is 104 cm³/mol. The summed E-state index contributed by atoms with van der Waals surface area (Å²) in [7, 11) is 1.80. The maximum Gasteiger partial charge on any atom is 0.180 e. The normalized spacial score (nSPS) is 18.4. The number of piperidine rings is 1. The summed E-state index contributed by atoms with van der Waals surface area (Å²) in [6.45, 7) is 2.91. The molecule has 4 rings (SSSR count). The largest absolute Gasteiger partial charge is 0.366 e. The van der Waals surface area contributed by atoms with Crippen molar-refractivity contribution in [2.75, 3.05) is 32.0 Å². The number of aromatic nitrogens is 4. The minimum absolute atomic E-state index is 0.325. The number of nitrogens with zero attached hydrogens (tertiary/aromatic N) is 6. The molecule has 0 unspecified atom stereocenters. The van der Waals surface area contributed by atoms with E-state index in [0.29, 0.717) is 23.2 Å². The van der Waals surface area contributed by atoms with Crippen LogP contribution in [-0.2, 0) is 0 Å². The number of rotatable bonds is 5. The van der Waals surface area contributed by atoms with Gasteiger partial charge >= 0.3 is 0 Å². The fourth-order valence-electron chi connectivity index (χ4n) is 3.43. The van der Waals surface area contributed by atoms with Crippen molar-refractivity contribution in [2.45, 2.75) is 18.9 Å². The summed E-state index contributed by atoms with van der Waals surface area (Å²) < 4.78 is 15.3. The summed E-state index contributed by atoms with van der Waals surface area (Å²) in [6, 6.07) is 5.21. The van der Waals surface area contributed by atoms with Crippen LogP contribution in [0, 0.1) is 5.82 Å². The zero-order chi connectivity index (χ0) is 18.6. The highest BCUT2D eigenvalue weighted by molar-refractivity contribution is 5.59. The van der Waals surface area contributed by atoms with Gasteiger partial charge in [0.2, 0.25) is 0 Å². The Morgan fingerprint density at radius 2 is 2.26 bits per heavy atom. The first-order chi connectivity index (χ1) is 13.2. The average Bonchev–Trinajstić information content (AvgIpc) is 3.10. The minimum atomic E-state index is -0.325. The van der Waals surface area contributed by atoms with Gasteiger partial charge in [0.1, 0.15) is 23.0 Å². The Balaban J connectivity index is 1.53. The van der Waals surface area contributed by atoms with E-state index in [4.69, 9.17) is 0 Å². The van der Waals surface area contributed by atoms with Gasteiger partial charge in [-0.25, -0.2) is 19.3 Å². The van der Waals surface area contributed by atoms with Gasteiger partial charge in [0.25, 0.3) is 0 Å². The Kier molecular flexibility index (Phi) is 5.06. The first-order valence-corrected chi connectivity index (χ1v) is 9.08. The molecule has 4 heterocycles. The van der Waals surface area contributed by atoms with Crippen LogP contribution in [0.3, 0.4) is 0 Å². The Morgan fingerprint density at radius 1 is 1.33 bits per heavy atom. The first kappa shape index (κ1) is 17.5. The number of hydrogen-bond acceptors (Lipinski definition) is 6. The quantitative estimate of drug-likeness (QED) is 0.702. The number of pyridine rings is 1. The van der Waals surface area contributed by atoms with Crippen LogP contribution in [0.2, 0.25) is 0 Å². The van der Waals surface area contributed by atoms with Crippen LogP contribution in [0.15, 0.2) is 41.8 Å². The number of nitrogens with one attached hydrogen (secondary N) is 1. The molecule has 140 valence electrons. The smallest absolute Gasteiger partial charge is 0.180 e. The van der Waals surface area contributed by atoms with Crippen LogP contribution in [0.25, 0.3) is 17.2 Å². The predicted octanol–water partition coefficient (Wildman–Crippen LogP) is 2.51. The topological polar surface area (TPSA) is 70.7 Å². The lowest BCUT2D eigenvalue weighted by Gasteiger charge is -2.32. The molecule has 0 aliphatic carbocycles. The number of likely N-dealkylation sites (tertiary alicyclic amines) is 1. The minimum Gasteiger partial charge on any atom is -0.366 e. The average molecular weight is 367 g/mol. The molecule has 0 saturated carbocycles. The fourth-order valence-corrected chi connectivity index (χ4v) is 3.43. The molecule has 27 heavy (non-hydrogen) atoms. The molecule has 0 amide bonds. The van der Waals surface area contributed by atoms with Gasteiger partial charge in [-0.3, -0.25) is 14.3 Å². The maximum absolute atomic E-state index is 13.6. The van der Waals surface area contributed by atoms with E-state index in [9.17, 15) is 4.39 Å². The SMILES string of the molecule is CN=CCN1CCC[C@@H](Nc2ccnc(-c3cnc4ccc(F)cn34)n2)C1. The molecule has 0 spiro atoms. The van der Waals surface area contributed by atoms with Crippen molar-refractivity contribution in [1.29, 1.82) is 0 Å². The number of anilines is 1. The van der Waals surface area contributed by atoms with E-state index < -0.39 is 0 Å². The van der Waals surface area contributed by atoms with Crippen LogP contribution in [-0.4, -0.2) is 63.2 Å². The highest BCUT2D eigenvalue weighted by atomic mass is 19.1. The van der Waals surface area contributed by atoms with Crippen LogP contribution in [0.1, 0.15) is 12.8 Å². The summed E-state index contributed by atoms with van der Waals surface area (Å²) in [6.07, 6.45) is 8.96. The van der Waals surface area contributed by atoms with E-state index in [0.717, 1.165) is 38.3 Å². The summed E-state index contributed by atoms with van der Waals surface area (Å²) in [5.74, 6) is 0.959. The molecule has 0 aromatic carbocycles. The lowest BCUT2D eigenvalue weighted by Crippen LogP contribution is -2.42. The molecule has 3 aromatic heterocycles. The van der Waals surface area contributed by atoms with Gasteiger partial charge in [0, 0.05) is 44.8 Å². The molecule has 7 nitrogen and oxygen atoms in total. The third-order valence-electron chi connectivity index (χ3n) is 4.73. The molecule has 3 aromatic rings. The Labute approximate surface area is 157 Å². The Hall–Kier alpha value is -2.87. The summed E-state index contributed by atoms with van der Waals surface area (Å²) in [5.41, 5.74) is 1.33. The fraction of sp³-hybridized carbons (Fsp3) is 0.368. The lowest BCUT2D eigenvalue weighted by atomic mass is 10.1. The maximum atomic E-state index is 13.6. The number of halogens is 1. The van der Waals surface area contributed by atoms with Gasteiger partial charge in [-0.2, -0.15) is 0 Å². The second-order valence-corrected chi connectivity index (χ2v) is 6.67. The van der Waals surface area contributed by atoms with Crippen molar-refractivity contribution in [3.05, 3.63) is 42.6 Å². The van der Waals surface area contributed by atoms with Gasteiger partial charge < -0.3 is 5.32 Å². The molecule has 0 bridgehead atoms. The van der Waals surface area contributed by atoms with Crippen molar-refractivity contribution in [1.82, 2.24) is 24.3 Å². The van der Waals surface area contributed by atoms with E-state index in [-0.39, 0.29) is 5.82 Å². The van der Waals surface area contributed by atoms with Crippen LogP contribution in [0.5, 0.6) is 0 Å². The van der Waals surface area contributed by atoms with Gasteiger partial charge in [0.15, 0.2) is 5.82 Å². The van der Waals surface area contributed by atoms with Crippen LogP contribution in [0.4, 0.5) is 10.2 Å². The van der Waals surface area contributed by atoms with Gasteiger partial charge in [-0.05, 0) is 37.6 Å². The molecule has 8 heteroatoms. The van der Waals surface area contributed by atoms with Gasteiger partial charge in [-0.15, -0.1) is 0 Å². The molecule has 1 saturated heterocycles. The van der Waals surface area contributed by atoms with Crippen molar-refractivity contribution in [2.24, 2.45) is 4.99 Å². The zero-order valence-corrected chi connectivity index (χ0v) is 15.2. The van der Waals surface area contributed by atoms with Crippen molar-refractivity contribution in [3.63, 3.8) is 0 Å². The van der Waals surface area contributed by atoms with E-state index in [1.807, 2.05) is 12.3 Å². The number of aliphatic imine (C=N–C) groups is 1.